The molecule has 0 radical (unpaired) electrons. The Morgan fingerprint density at radius 1 is 1.10 bits per heavy atom. The Bertz CT molecular complexity index is 595. The summed E-state index contributed by atoms with van der Waals surface area (Å²) in [4.78, 5) is 20.3. The summed E-state index contributed by atoms with van der Waals surface area (Å²) in [5.41, 5.74) is 2.80. The average molecular weight is 283 g/mol. The fourth-order valence-corrected chi connectivity index (χ4v) is 2.80. The minimum absolute atomic E-state index is 0.0346. The van der Waals surface area contributed by atoms with E-state index < -0.39 is 0 Å². The number of carbonyl (C=O) groups is 1. The van der Waals surface area contributed by atoms with Crippen molar-refractivity contribution < 1.29 is 4.79 Å². The molecule has 0 bridgehead atoms. The maximum atomic E-state index is 12.0. The first-order valence-corrected chi connectivity index (χ1v) is 7.55. The number of carbonyl (C=O) groups excluding carboxylic acids is 1. The van der Waals surface area contributed by atoms with Gasteiger partial charge in [-0.15, -0.1) is 0 Å². The molecule has 2 heterocycles. The highest BCUT2D eigenvalue weighted by Crippen LogP contribution is 2.22. The molecule has 2 aliphatic heterocycles. The van der Waals surface area contributed by atoms with Crippen molar-refractivity contribution >= 4 is 23.5 Å². The number of likely N-dealkylation sites (N-methyl/N-ethyl adjacent to an activating group) is 1. The summed E-state index contributed by atoms with van der Waals surface area (Å²) < 4.78 is 0. The van der Waals surface area contributed by atoms with Crippen molar-refractivity contribution in [2.24, 2.45) is 4.99 Å². The molecule has 110 valence electrons. The van der Waals surface area contributed by atoms with E-state index in [0.29, 0.717) is 5.70 Å². The molecule has 0 unspecified atom stereocenters. The third kappa shape index (κ3) is 2.84. The molecule has 3 rings (SSSR count). The van der Waals surface area contributed by atoms with Crippen LogP contribution < -0.4 is 4.90 Å². The summed E-state index contributed by atoms with van der Waals surface area (Å²) in [5.74, 6) is 0.712. The van der Waals surface area contributed by atoms with E-state index in [-0.39, 0.29) is 5.91 Å². The Kier molecular flexibility index (Phi) is 3.78. The Morgan fingerprint density at radius 2 is 1.76 bits per heavy atom. The van der Waals surface area contributed by atoms with Crippen molar-refractivity contribution in [3.05, 3.63) is 35.5 Å². The predicted octanol–water partition coefficient (Wildman–Crippen LogP) is 2.91. The second kappa shape index (κ2) is 5.72. The molecule has 0 atom stereocenters. The van der Waals surface area contributed by atoms with Gasteiger partial charge in [0.05, 0.1) is 0 Å². The number of hydrogen-bond acceptors (Lipinski definition) is 3. The minimum Gasteiger partial charge on any atom is -0.372 e. The van der Waals surface area contributed by atoms with Crippen LogP contribution in [0.4, 0.5) is 5.69 Å². The average Bonchev–Trinajstić information content (AvgIpc) is 2.76. The van der Waals surface area contributed by atoms with Crippen LogP contribution in [0.15, 0.2) is 35.0 Å². The molecule has 1 aromatic carbocycles. The number of amides is 1. The van der Waals surface area contributed by atoms with Gasteiger partial charge in [-0.3, -0.25) is 9.69 Å². The molecule has 21 heavy (non-hydrogen) atoms. The first-order chi connectivity index (χ1) is 10.1. The van der Waals surface area contributed by atoms with E-state index in [9.17, 15) is 4.79 Å². The summed E-state index contributed by atoms with van der Waals surface area (Å²) in [6.45, 7) is 4.14. The lowest BCUT2D eigenvalue weighted by atomic mass is 10.1. The van der Waals surface area contributed by atoms with Gasteiger partial charge in [0, 0.05) is 25.8 Å². The van der Waals surface area contributed by atoms with Gasteiger partial charge in [-0.2, -0.15) is 0 Å². The molecule has 4 nitrogen and oxygen atoms in total. The van der Waals surface area contributed by atoms with E-state index in [1.165, 1.54) is 24.9 Å². The Balaban J connectivity index is 1.77. The molecule has 0 aliphatic carbocycles. The summed E-state index contributed by atoms with van der Waals surface area (Å²) >= 11 is 0. The Hall–Kier alpha value is -2.10. The van der Waals surface area contributed by atoms with Crippen LogP contribution in [0.25, 0.3) is 6.08 Å². The van der Waals surface area contributed by atoms with E-state index >= 15 is 0 Å². The molecule has 1 saturated heterocycles. The molecular weight excluding hydrogens is 262 g/mol. The zero-order valence-electron chi connectivity index (χ0n) is 12.7. The second-order valence-corrected chi connectivity index (χ2v) is 5.69. The van der Waals surface area contributed by atoms with Crippen LogP contribution in [0.3, 0.4) is 0 Å². The van der Waals surface area contributed by atoms with Crippen LogP contribution >= 0.6 is 0 Å². The number of nitrogens with zero attached hydrogens (tertiary/aromatic N) is 3. The van der Waals surface area contributed by atoms with Gasteiger partial charge in [-0.25, -0.2) is 4.99 Å². The van der Waals surface area contributed by atoms with Crippen molar-refractivity contribution in [3.63, 3.8) is 0 Å². The van der Waals surface area contributed by atoms with Crippen molar-refractivity contribution in [3.8, 4) is 0 Å². The maximum Gasteiger partial charge on any atom is 0.277 e. The highest BCUT2D eigenvalue weighted by atomic mass is 16.2. The number of piperidine rings is 1. The van der Waals surface area contributed by atoms with Gasteiger partial charge in [0.15, 0.2) is 0 Å². The molecule has 1 amide bonds. The van der Waals surface area contributed by atoms with Gasteiger partial charge in [0.1, 0.15) is 11.5 Å². The van der Waals surface area contributed by atoms with E-state index in [1.807, 2.05) is 13.0 Å². The van der Waals surface area contributed by atoms with Crippen LogP contribution in [0.1, 0.15) is 31.7 Å². The van der Waals surface area contributed by atoms with E-state index in [1.54, 1.807) is 11.9 Å². The van der Waals surface area contributed by atoms with Crippen LogP contribution in [0, 0.1) is 0 Å². The van der Waals surface area contributed by atoms with Crippen molar-refractivity contribution in [1.82, 2.24) is 4.90 Å². The van der Waals surface area contributed by atoms with Crippen LogP contribution in [-0.2, 0) is 4.79 Å². The summed E-state index contributed by atoms with van der Waals surface area (Å²) in [6.07, 6.45) is 5.75. The van der Waals surface area contributed by atoms with Crippen molar-refractivity contribution in [2.75, 3.05) is 25.0 Å². The lowest BCUT2D eigenvalue weighted by Crippen LogP contribution is -2.29. The largest absolute Gasteiger partial charge is 0.372 e. The smallest absolute Gasteiger partial charge is 0.277 e. The first kappa shape index (κ1) is 13.9. The second-order valence-electron chi connectivity index (χ2n) is 5.69. The van der Waals surface area contributed by atoms with Gasteiger partial charge in [0.2, 0.25) is 0 Å². The van der Waals surface area contributed by atoms with E-state index in [0.717, 1.165) is 24.5 Å². The zero-order chi connectivity index (χ0) is 14.8. The lowest BCUT2D eigenvalue weighted by molar-refractivity contribution is -0.121. The standard InChI is InChI=1S/C17H21N3O/c1-13-18-16(17(21)19(13)2)12-14-6-8-15(9-7-14)20-10-4-3-5-11-20/h6-9,12H,3-5,10-11H2,1-2H3/b16-12-. The SMILES string of the molecule is CC1=N/C(=C\c2ccc(N3CCCCC3)cc2)C(=O)N1C. The van der Waals surface area contributed by atoms with Crippen LogP contribution in [-0.4, -0.2) is 36.8 Å². The predicted molar refractivity (Wildman–Crippen MR) is 86.4 cm³/mol. The fraction of sp³-hybridized carbons (Fsp3) is 0.412. The number of hydrogen-bond donors (Lipinski definition) is 0. The Labute approximate surface area is 125 Å². The number of anilines is 1. The molecule has 1 aromatic rings. The molecule has 2 aliphatic rings. The number of amidine groups is 1. The minimum atomic E-state index is -0.0346. The molecular formula is C17H21N3O. The summed E-state index contributed by atoms with van der Waals surface area (Å²) in [5, 5.41) is 0. The molecule has 0 aromatic heterocycles. The lowest BCUT2D eigenvalue weighted by Gasteiger charge is -2.28. The van der Waals surface area contributed by atoms with E-state index in [2.05, 4.69) is 34.2 Å². The van der Waals surface area contributed by atoms with Gasteiger partial charge in [0.25, 0.3) is 5.91 Å². The highest BCUT2D eigenvalue weighted by Gasteiger charge is 2.23. The molecule has 0 saturated carbocycles. The van der Waals surface area contributed by atoms with Crippen molar-refractivity contribution in [2.45, 2.75) is 26.2 Å². The molecule has 1 fully saturated rings. The van der Waals surface area contributed by atoms with Gasteiger partial charge < -0.3 is 4.90 Å². The number of benzene rings is 1. The molecule has 4 heteroatoms. The fourth-order valence-electron chi connectivity index (χ4n) is 2.80. The normalized spacial score (nSPS) is 21.1. The topological polar surface area (TPSA) is 35.9 Å². The quantitative estimate of drug-likeness (QED) is 0.782. The van der Waals surface area contributed by atoms with Crippen LogP contribution in [0.5, 0.6) is 0 Å². The third-order valence-electron chi connectivity index (χ3n) is 4.21. The summed E-state index contributed by atoms with van der Waals surface area (Å²) in [7, 11) is 1.75. The van der Waals surface area contributed by atoms with Gasteiger partial charge in [-0.1, -0.05) is 12.1 Å². The number of rotatable bonds is 2. The number of aliphatic imine (C=N–C) groups is 1. The molecule has 0 N–H and O–H groups in total. The molecule has 0 spiro atoms. The Morgan fingerprint density at radius 3 is 2.33 bits per heavy atom. The third-order valence-corrected chi connectivity index (χ3v) is 4.21. The maximum absolute atomic E-state index is 12.0. The van der Waals surface area contributed by atoms with Crippen molar-refractivity contribution in [1.29, 1.82) is 0 Å². The summed E-state index contributed by atoms with van der Waals surface area (Å²) in [6, 6.07) is 8.40. The van der Waals surface area contributed by atoms with Gasteiger partial charge in [-0.05, 0) is 50.0 Å². The van der Waals surface area contributed by atoms with Crippen LogP contribution in [0.2, 0.25) is 0 Å². The highest BCUT2D eigenvalue weighted by molar-refractivity contribution is 6.13. The van der Waals surface area contributed by atoms with Gasteiger partial charge >= 0.3 is 0 Å². The van der Waals surface area contributed by atoms with E-state index in [4.69, 9.17) is 0 Å². The first-order valence-electron chi connectivity index (χ1n) is 7.55. The zero-order valence-corrected chi connectivity index (χ0v) is 12.7. The monoisotopic (exact) mass is 283 g/mol.